The first-order chi connectivity index (χ1) is 12.2. The predicted molar refractivity (Wildman–Crippen MR) is 97.2 cm³/mol. The van der Waals surface area contributed by atoms with Gasteiger partial charge < -0.3 is 15.3 Å². The number of rotatable bonds is 5. The Morgan fingerprint density at radius 3 is 2.44 bits per heavy atom. The van der Waals surface area contributed by atoms with E-state index in [-0.39, 0.29) is 24.3 Å². The van der Waals surface area contributed by atoms with Crippen LogP contribution in [0.15, 0.2) is 24.3 Å². The third-order valence-electron chi connectivity index (χ3n) is 5.42. The molecule has 136 valence electrons. The Labute approximate surface area is 149 Å². The topological polar surface area (TPSA) is 69.6 Å². The first-order valence-electron chi connectivity index (χ1n) is 9.47. The van der Waals surface area contributed by atoms with E-state index < -0.39 is 0 Å². The molecule has 1 atom stereocenters. The number of nitrogens with one attached hydrogen (secondary N) is 1. The molecule has 3 rings (SSSR count). The van der Waals surface area contributed by atoms with Crippen molar-refractivity contribution in [3.05, 3.63) is 29.8 Å². The van der Waals surface area contributed by atoms with Crippen molar-refractivity contribution in [1.29, 1.82) is 0 Å². The van der Waals surface area contributed by atoms with Crippen LogP contribution in [0.1, 0.15) is 50.5 Å². The van der Waals surface area contributed by atoms with E-state index in [4.69, 9.17) is 5.11 Å². The molecule has 0 spiro atoms. The number of anilines is 1. The number of hydrogen-bond donors (Lipinski definition) is 2. The van der Waals surface area contributed by atoms with Gasteiger partial charge in [0.2, 0.25) is 11.8 Å². The zero-order valence-electron chi connectivity index (χ0n) is 14.7. The Balaban J connectivity index is 1.56. The highest BCUT2D eigenvalue weighted by Gasteiger charge is 2.37. The second kappa shape index (κ2) is 8.48. The van der Waals surface area contributed by atoms with Gasteiger partial charge in [0.15, 0.2) is 0 Å². The molecule has 1 unspecified atom stereocenters. The third kappa shape index (κ3) is 4.60. The Morgan fingerprint density at radius 2 is 1.80 bits per heavy atom. The summed E-state index contributed by atoms with van der Waals surface area (Å²) in [5.41, 5.74) is 1.78. The van der Waals surface area contributed by atoms with Crippen LogP contribution in [-0.4, -0.2) is 41.0 Å². The summed E-state index contributed by atoms with van der Waals surface area (Å²) in [4.78, 5) is 26.9. The van der Waals surface area contributed by atoms with Crippen LogP contribution in [0.2, 0.25) is 0 Å². The van der Waals surface area contributed by atoms with Gasteiger partial charge in [-0.3, -0.25) is 9.59 Å². The molecule has 1 saturated heterocycles. The van der Waals surface area contributed by atoms with E-state index in [0.717, 1.165) is 24.1 Å². The van der Waals surface area contributed by atoms with Crippen LogP contribution >= 0.6 is 0 Å². The fourth-order valence-corrected chi connectivity index (χ4v) is 3.96. The average molecular weight is 344 g/mol. The van der Waals surface area contributed by atoms with Crippen molar-refractivity contribution >= 4 is 17.5 Å². The molecule has 2 aliphatic rings. The fraction of sp³-hybridized carbons (Fsp3) is 0.600. The standard InChI is InChI=1S/C20H28N2O3/c23-12-11-15-7-9-17(10-8-15)21-20(25)16-13-19(24)22(14-16)18-5-3-1-2-4-6-18/h7-10,16,18,23H,1-6,11-14H2,(H,21,25). The average Bonchev–Trinajstić information content (AvgIpc) is 2.82. The summed E-state index contributed by atoms with van der Waals surface area (Å²) in [5.74, 6) is -0.197. The van der Waals surface area contributed by atoms with E-state index in [0.29, 0.717) is 25.4 Å². The second-order valence-electron chi connectivity index (χ2n) is 7.25. The minimum absolute atomic E-state index is 0.0700. The van der Waals surface area contributed by atoms with Crippen molar-refractivity contribution < 1.29 is 14.7 Å². The first-order valence-corrected chi connectivity index (χ1v) is 9.47. The molecule has 0 bridgehead atoms. The number of benzene rings is 1. The van der Waals surface area contributed by atoms with Gasteiger partial charge in [-0.25, -0.2) is 0 Å². The van der Waals surface area contributed by atoms with Crippen LogP contribution < -0.4 is 5.32 Å². The summed E-state index contributed by atoms with van der Waals surface area (Å²) < 4.78 is 0. The summed E-state index contributed by atoms with van der Waals surface area (Å²) in [6, 6.07) is 7.84. The smallest absolute Gasteiger partial charge is 0.229 e. The van der Waals surface area contributed by atoms with E-state index in [9.17, 15) is 9.59 Å². The summed E-state index contributed by atoms with van der Waals surface area (Å²) >= 11 is 0. The summed E-state index contributed by atoms with van der Waals surface area (Å²) in [7, 11) is 0. The Hall–Kier alpha value is -1.88. The molecule has 2 N–H and O–H groups in total. The predicted octanol–water partition coefficient (Wildman–Crippen LogP) is 2.73. The zero-order valence-corrected chi connectivity index (χ0v) is 14.7. The monoisotopic (exact) mass is 344 g/mol. The number of aliphatic hydroxyl groups is 1. The van der Waals surface area contributed by atoms with E-state index >= 15 is 0 Å². The van der Waals surface area contributed by atoms with Crippen LogP contribution in [0.4, 0.5) is 5.69 Å². The van der Waals surface area contributed by atoms with E-state index in [1.807, 2.05) is 29.2 Å². The molecule has 0 radical (unpaired) electrons. The number of nitrogens with zero attached hydrogens (tertiary/aromatic N) is 1. The van der Waals surface area contributed by atoms with Crippen molar-refractivity contribution in [2.45, 2.75) is 57.4 Å². The lowest BCUT2D eigenvalue weighted by molar-refractivity contribution is -0.130. The Kier molecular flexibility index (Phi) is 6.08. The number of hydrogen-bond acceptors (Lipinski definition) is 3. The Bertz CT molecular complexity index is 591. The zero-order chi connectivity index (χ0) is 17.6. The highest BCUT2D eigenvalue weighted by molar-refractivity contribution is 5.97. The Morgan fingerprint density at radius 1 is 1.12 bits per heavy atom. The van der Waals surface area contributed by atoms with Gasteiger partial charge >= 0.3 is 0 Å². The van der Waals surface area contributed by atoms with Gasteiger partial charge in [0.05, 0.1) is 5.92 Å². The SMILES string of the molecule is O=C(Nc1ccc(CCO)cc1)C1CC(=O)N(C2CCCCCC2)C1. The molecule has 25 heavy (non-hydrogen) atoms. The second-order valence-corrected chi connectivity index (χ2v) is 7.25. The molecular formula is C20H28N2O3. The maximum Gasteiger partial charge on any atom is 0.229 e. The molecule has 1 heterocycles. The van der Waals surface area contributed by atoms with E-state index in [2.05, 4.69) is 5.32 Å². The molecule has 1 aromatic carbocycles. The fourth-order valence-electron chi connectivity index (χ4n) is 3.96. The first kappa shape index (κ1) is 17.9. The van der Waals surface area contributed by atoms with Crippen LogP contribution in [0.5, 0.6) is 0 Å². The van der Waals surface area contributed by atoms with Gasteiger partial charge in [-0.1, -0.05) is 37.8 Å². The number of aliphatic hydroxyl groups excluding tert-OH is 1. The molecule has 5 heteroatoms. The molecule has 5 nitrogen and oxygen atoms in total. The van der Waals surface area contributed by atoms with Gasteiger partial charge in [0, 0.05) is 31.3 Å². The summed E-state index contributed by atoms with van der Waals surface area (Å²) in [6.07, 6.45) is 7.98. The normalized spacial score (nSPS) is 22.0. The number of carbonyl (C=O) groups is 2. The maximum atomic E-state index is 12.5. The van der Waals surface area contributed by atoms with Gasteiger partial charge in [-0.2, -0.15) is 0 Å². The van der Waals surface area contributed by atoms with Gasteiger partial charge in [-0.05, 0) is 37.0 Å². The molecule has 1 aromatic rings. The van der Waals surface area contributed by atoms with Gasteiger partial charge in [0.25, 0.3) is 0 Å². The third-order valence-corrected chi connectivity index (χ3v) is 5.42. The number of carbonyl (C=O) groups excluding carboxylic acids is 2. The van der Waals surface area contributed by atoms with Crippen LogP contribution in [0, 0.1) is 5.92 Å². The van der Waals surface area contributed by atoms with E-state index in [1.54, 1.807) is 0 Å². The van der Waals surface area contributed by atoms with Crippen molar-refractivity contribution in [3.8, 4) is 0 Å². The molecular weight excluding hydrogens is 316 g/mol. The van der Waals surface area contributed by atoms with Gasteiger partial charge in [0.1, 0.15) is 0 Å². The largest absolute Gasteiger partial charge is 0.396 e. The highest BCUT2D eigenvalue weighted by atomic mass is 16.3. The van der Waals surface area contributed by atoms with Gasteiger partial charge in [-0.15, -0.1) is 0 Å². The van der Waals surface area contributed by atoms with Crippen LogP contribution in [-0.2, 0) is 16.0 Å². The lowest BCUT2D eigenvalue weighted by Crippen LogP contribution is -2.37. The minimum atomic E-state index is -0.257. The molecule has 2 amide bonds. The molecule has 1 aliphatic heterocycles. The lowest BCUT2D eigenvalue weighted by Gasteiger charge is -2.27. The van der Waals surface area contributed by atoms with Crippen molar-refractivity contribution in [3.63, 3.8) is 0 Å². The van der Waals surface area contributed by atoms with E-state index in [1.165, 1.54) is 25.7 Å². The number of amides is 2. The minimum Gasteiger partial charge on any atom is -0.396 e. The quantitative estimate of drug-likeness (QED) is 0.807. The van der Waals surface area contributed by atoms with Crippen LogP contribution in [0.3, 0.4) is 0 Å². The van der Waals surface area contributed by atoms with Crippen molar-refractivity contribution in [1.82, 2.24) is 4.90 Å². The molecule has 1 saturated carbocycles. The summed E-state index contributed by atoms with van der Waals surface area (Å²) in [6.45, 7) is 0.671. The van der Waals surface area contributed by atoms with Crippen molar-refractivity contribution in [2.75, 3.05) is 18.5 Å². The molecule has 2 fully saturated rings. The molecule has 1 aliphatic carbocycles. The summed E-state index contributed by atoms with van der Waals surface area (Å²) in [5, 5.41) is 11.9. The lowest BCUT2D eigenvalue weighted by atomic mass is 10.1. The van der Waals surface area contributed by atoms with Crippen molar-refractivity contribution in [2.24, 2.45) is 5.92 Å². The van der Waals surface area contributed by atoms with Crippen LogP contribution in [0.25, 0.3) is 0 Å². The molecule has 0 aromatic heterocycles. The highest BCUT2D eigenvalue weighted by Crippen LogP contribution is 2.28. The maximum absolute atomic E-state index is 12.5. The number of likely N-dealkylation sites (tertiary alicyclic amines) is 1.